The summed E-state index contributed by atoms with van der Waals surface area (Å²) in [6, 6.07) is 9.84. The number of carbonyl (C=O) groups excluding carboxylic acids is 3. The van der Waals surface area contributed by atoms with Gasteiger partial charge in [0.25, 0.3) is 5.91 Å². The number of benzene rings is 1. The molecule has 1 fully saturated rings. The number of nitrogens with one attached hydrogen (secondary N) is 1. The van der Waals surface area contributed by atoms with Crippen LogP contribution >= 0.6 is 0 Å². The Morgan fingerprint density at radius 3 is 2.41 bits per heavy atom. The number of unbranched alkanes of at least 4 members (excludes halogenated alkanes) is 1. The summed E-state index contributed by atoms with van der Waals surface area (Å²) in [6.07, 6.45) is 1.30. The standard InChI is InChI=1S/C27H35N5O7/c1-3-5-11-20-18-22(29-24(28-20)19-9-7-6-8-10-19)25(35)30-21(12-13-23(33)34)26(36)31-14-16-32(17-15-31)39-27(37)38-4-2/h6-10,18,21H,3-5,11-17H2,1-2H3,(H,30,35)(H,33,34)/t21-/m0/s1. The Kier molecular flexibility index (Phi) is 11.2. The third kappa shape index (κ3) is 9.02. The van der Waals surface area contributed by atoms with Gasteiger partial charge in [-0.2, -0.15) is 0 Å². The van der Waals surface area contributed by atoms with Crippen molar-refractivity contribution in [2.24, 2.45) is 0 Å². The van der Waals surface area contributed by atoms with Gasteiger partial charge in [0, 0.05) is 30.8 Å². The minimum absolute atomic E-state index is 0.0846. The van der Waals surface area contributed by atoms with Crippen LogP contribution in [0.4, 0.5) is 4.79 Å². The summed E-state index contributed by atoms with van der Waals surface area (Å²) in [6.45, 7) is 4.86. The van der Waals surface area contributed by atoms with E-state index in [1.165, 1.54) is 9.96 Å². The predicted molar refractivity (Wildman–Crippen MR) is 140 cm³/mol. The minimum atomic E-state index is -1.08. The van der Waals surface area contributed by atoms with Crippen LogP contribution in [-0.2, 0) is 25.6 Å². The Morgan fingerprint density at radius 1 is 1.05 bits per heavy atom. The van der Waals surface area contributed by atoms with Gasteiger partial charge in [0.2, 0.25) is 5.91 Å². The second kappa shape index (κ2) is 14.8. The molecule has 1 aliphatic heterocycles. The molecular formula is C27H35N5O7. The van der Waals surface area contributed by atoms with Crippen LogP contribution in [0, 0.1) is 0 Å². The Balaban J connectivity index is 1.75. The molecule has 12 nitrogen and oxygen atoms in total. The molecule has 1 aromatic carbocycles. The minimum Gasteiger partial charge on any atom is -0.481 e. The van der Waals surface area contributed by atoms with Crippen LogP contribution in [0.3, 0.4) is 0 Å². The summed E-state index contributed by atoms with van der Waals surface area (Å²) < 4.78 is 4.77. The van der Waals surface area contributed by atoms with Gasteiger partial charge < -0.3 is 24.9 Å². The molecule has 0 spiro atoms. The highest BCUT2D eigenvalue weighted by molar-refractivity contribution is 5.96. The number of ether oxygens (including phenoxy) is 1. The van der Waals surface area contributed by atoms with Crippen molar-refractivity contribution >= 4 is 23.9 Å². The molecule has 1 aliphatic rings. The number of nitrogens with zero attached hydrogens (tertiary/aromatic N) is 4. The number of carboxylic acids is 1. The molecule has 3 rings (SSSR count). The maximum Gasteiger partial charge on any atom is 0.527 e. The highest BCUT2D eigenvalue weighted by atomic mass is 16.8. The molecule has 12 heteroatoms. The summed E-state index contributed by atoms with van der Waals surface area (Å²) in [7, 11) is 0. The van der Waals surface area contributed by atoms with Crippen LogP contribution in [0.1, 0.15) is 55.7 Å². The van der Waals surface area contributed by atoms with Crippen LogP contribution in [-0.4, -0.2) is 87.8 Å². The first-order valence-electron chi connectivity index (χ1n) is 13.1. The van der Waals surface area contributed by atoms with Crippen LogP contribution in [0.5, 0.6) is 0 Å². The van der Waals surface area contributed by atoms with Crippen molar-refractivity contribution in [2.45, 2.75) is 52.0 Å². The van der Waals surface area contributed by atoms with Gasteiger partial charge in [-0.1, -0.05) is 43.7 Å². The van der Waals surface area contributed by atoms with Gasteiger partial charge in [0.05, 0.1) is 19.7 Å². The van der Waals surface area contributed by atoms with Crippen molar-refractivity contribution < 1.29 is 33.9 Å². The molecule has 1 atom stereocenters. The van der Waals surface area contributed by atoms with E-state index in [0.29, 0.717) is 17.9 Å². The molecule has 0 radical (unpaired) electrons. The lowest BCUT2D eigenvalue weighted by Crippen LogP contribution is -2.55. The Bertz CT molecular complexity index is 1140. The molecule has 2 N–H and O–H groups in total. The summed E-state index contributed by atoms with van der Waals surface area (Å²) in [5.41, 5.74) is 1.57. The van der Waals surface area contributed by atoms with Gasteiger partial charge in [-0.3, -0.25) is 14.4 Å². The Morgan fingerprint density at radius 2 is 1.77 bits per heavy atom. The topological polar surface area (TPSA) is 151 Å². The smallest absolute Gasteiger partial charge is 0.481 e. The maximum atomic E-state index is 13.3. The first-order chi connectivity index (χ1) is 18.8. The number of hydroxylamine groups is 2. The molecule has 0 unspecified atom stereocenters. The second-order valence-electron chi connectivity index (χ2n) is 9.02. The summed E-state index contributed by atoms with van der Waals surface area (Å²) in [4.78, 5) is 65.2. The number of hydrogen-bond acceptors (Lipinski definition) is 9. The molecule has 2 aromatic rings. The average Bonchev–Trinajstić information content (AvgIpc) is 2.94. The number of carboxylic acid groups (broad SMARTS) is 1. The first kappa shape index (κ1) is 29.5. The summed E-state index contributed by atoms with van der Waals surface area (Å²) >= 11 is 0. The Labute approximate surface area is 227 Å². The molecule has 0 aliphatic carbocycles. The Hall–Kier alpha value is -4.06. The van der Waals surface area contributed by atoms with Gasteiger partial charge in [-0.15, -0.1) is 5.06 Å². The van der Waals surface area contributed by atoms with Crippen molar-refractivity contribution in [1.29, 1.82) is 0 Å². The van der Waals surface area contributed by atoms with Gasteiger partial charge >= 0.3 is 12.1 Å². The number of aliphatic carboxylic acids is 1. The number of hydrogen-bond donors (Lipinski definition) is 2. The number of piperazine rings is 1. The van der Waals surface area contributed by atoms with Gasteiger partial charge in [-0.25, -0.2) is 14.8 Å². The van der Waals surface area contributed by atoms with E-state index in [1.54, 1.807) is 13.0 Å². The molecule has 0 saturated carbocycles. The molecular weight excluding hydrogens is 506 g/mol. The third-order valence-electron chi connectivity index (χ3n) is 6.10. The SMILES string of the molecule is CCCCc1cc(C(=O)N[C@@H](CCC(=O)O)C(=O)N2CCN(OC(=O)OCC)CC2)nc(-c2ccccc2)n1. The predicted octanol–water partition coefficient (Wildman–Crippen LogP) is 2.68. The number of aryl methyl sites for hydroxylation is 1. The zero-order valence-electron chi connectivity index (χ0n) is 22.3. The van der Waals surface area contributed by atoms with E-state index in [2.05, 4.69) is 22.2 Å². The lowest BCUT2D eigenvalue weighted by Gasteiger charge is -2.35. The molecule has 0 bridgehead atoms. The van der Waals surface area contributed by atoms with Crippen LogP contribution in [0.25, 0.3) is 11.4 Å². The monoisotopic (exact) mass is 541 g/mol. The summed E-state index contributed by atoms with van der Waals surface area (Å²) in [5, 5.41) is 13.3. The highest BCUT2D eigenvalue weighted by Gasteiger charge is 2.31. The number of aromatic nitrogens is 2. The fraction of sp³-hybridized carbons (Fsp3) is 0.481. The molecule has 210 valence electrons. The zero-order chi connectivity index (χ0) is 28.2. The van der Waals surface area contributed by atoms with Gasteiger partial charge in [0.15, 0.2) is 5.82 Å². The first-order valence-corrected chi connectivity index (χ1v) is 13.1. The van der Waals surface area contributed by atoms with Crippen molar-refractivity contribution in [3.63, 3.8) is 0 Å². The molecule has 39 heavy (non-hydrogen) atoms. The van der Waals surface area contributed by atoms with Gasteiger partial charge in [-0.05, 0) is 32.3 Å². The van der Waals surface area contributed by atoms with Crippen molar-refractivity contribution in [2.75, 3.05) is 32.8 Å². The van der Waals surface area contributed by atoms with Crippen LogP contribution < -0.4 is 5.32 Å². The number of carbonyl (C=O) groups is 4. The molecule has 2 heterocycles. The maximum absolute atomic E-state index is 13.3. The largest absolute Gasteiger partial charge is 0.527 e. The van der Waals surface area contributed by atoms with E-state index in [0.717, 1.165) is 18.4 Å². The van der Waals surface area contributed by atoms with E-state index in [4.69, 9.17) is 9.57 Å². The fourth-order valence-electron chi connectivity index (χ4n) is 4.04. The summed E-state index contributed by atoms with van der Waals surface area (Å²) in [5.74, 6) is -1.67. The van der Waals surface area contributed by atoms with Gasteiger partial charge in [0.1, 0.15) is 11.7 Å². The number of rotatable bonds is 12. The number of amides is 2. The fourth-order valence-corrected chi connectivity index (χ4v) is 4.04. The lowest BCUT2D eigenvalue weighted by atomic mass is 10.1. The molecule has 1 saturated heterocycles. The average molecular weight is 542 g/mol. The lowest BCUT2D eigenvalue weighted by molar-refractivity contribution is -0.157. The third-order valence-corrected chi connectivity index (χ3v) is 6.10. The van der Waals surface area contributed by atoms with E-state index in [-0.39, 0.29) is 51.3 Å². The normalized spacial score (nSPS) is 14.4. The van der Waals surface area contributed by atoms with E-state index in [1.807, 2.05) is 30.3 Å². The molecule has 1 aromatic heterocycles. The van der Waals surface area contributed by atoms with Crippen LogP contribution in [0.15, 0.2) is 36.4 Å². The van der Waals surface area contributed by atoms with E-state index < -0.39 is 30.0 Å². The van der Waals surface area contributed by atoms with Crippen molar-refractivity contribution in [3.8, 4) is 11.4 Å². The second-order valence-corrected chi connectivity index (χ2v) is 9.02. The molecule has 2 amide bonds. The van der Waals surface area contributed by atoms with Crippen LogP contribution in [0.2, 0.25) is 0 Å². The van der Waals surface area contributed by atoms with E-state index >= 15 is 0 Å². The van der Waals surface area contributed by atoms with Crippen molar-refractivity contribution in [3.05, 3.63) is 47.8 Å². The zero-order valence-corrected chi connectivity index (χ0v) is 22.3. The highest BCUT2D eigenvalue weighted by Crippen LogP contribution is 2.17. The quantitative estimate of drug-likeness (QED) is 0.384. The van der Waals surface area contributed by atoms with Crippen molar-refractivity contribution in [1.82, 2.24) is 25.2 Å². The van der Waals surface area contributed by atoms with E-state index in [9.17, 15) is 24.3 Å².